The van der Waals surface area contributed by atoms with Crippen LogP contribution in [0.25, 0.3) is 0 Å². The SMILES string of the molecule is CCNC(C)Cc1csc(CCCOC)n1. The molecule has 0 fully saturated rings. The van der Waals surface area contributed by atoms with Gasteiger partial charge in [-0.25, -0.2) is 4.98 Å². The van der Waals surface area contributed by atoms with Crippen molar-refractivity contribution < 1.29 is 4.74 Å². The van der Waals surface area contributed by atoms with Crippen LogP contribution in [0.15, 0.2) is 5.38 Å². The van der Waals surface area contributed by atoms with E-state index in [0.717, 1.165) is 32.4 Å². The van der Waals surface area contributed by atoms with Gasteiger partial charge in [0.05, 0.1) is 10.7 Å². The normalized spacial score (nSPS) is 12.9. The topological polar surface area (TPSA) is 34.1 Å². The molecule has 0 aliphatic heterocycles. The molecule has 0 saturated carbocycles. The summed E-state index contributed by atoms with van der Waals surface area (Å²) in [6.45, 7) is 6.18. The Morgan fingerprint density at radius 1 is 1.56 bits per heavy atom. The lowest BCUT2D eigenvalue weighted by molar-refractivity contribution is 0.195. The molecule has 92 valence electrons. The van der Waals surface area contributed by atoms with Crippen LogP contribution in [0.1, 0.15) is 31.0 Å². The predicted molar refractivity (Wildman–Crippen MR) is 69.2 cm³/mol. The summed E-state index contributed by atoms with van der Waals surface area (Å²) in [6, 6.07) is 0.513. The van der Waals surface area contributed by atoms with Crippen molar-refractivity contribution in [1.29, 1.82) is 0 Å². The largest absolute Gasteiger partial charge is 0.385 e. The van der Waals surface area contributed by atoms with Crippen LogP contribution in [0, 0.1) is 0 Å². The lowest BCUT2D eigenvalue weighted by Gasteiger charge is -2.09. The number of aromatic nitrogens is 1. The zero-order chi connectivity index (χ0) is 11.8. The third-order valence-corrected chi connectivity index (χ3v) is 3.36. The molecular formula is C12H22N2OS. The number of rotatable bonds is 8. The molecule has 1 heterocycles. The molecule has 0 radical (unpaired) electrons. The van der Waals surface area contributed by atoms with Gasteiger partial charge < -0.3 is 10.1 Å². The maximum absolute atomic E-state index is 5.03. The van der Waals surface area contributed by atoms with Gasteiger partial charge in [-0.2, -0.15) is 0 Å². The summed E-state index contributed by atoms with van der Waals surface area (Å²) in [6.07, 6.45) is 3.12. The highest BCUT2D eigenvalue weighted by Crippen LogP contribution is 2.13. The number of methoxy groups -OCH3 is 1. The molecule has 1 aromatic heterocycles. The molecule has 4 heteroatoms. The van der Waals surface area contributed by atoms with Crippen LogP contribution < -0.4 is 5.32 Å². The van der Waals surface area contributed by atoms with Crippen molar-refractivity contribution in [3.05, 3.63) is 16.1 Å². The van der Waals surface area contributed by atoms with E-state index in [4.69, 9.17) is 4.74 Å². The van der Waals surface area contributed by atoms with Gasteiger partial charge in [0.2, 0.25) is 0 Å². The maximum atomic E-state index is 5.03. The first kappa shape index (κ1) is 13.6. The van der Waals surface area contributed by atoms with Crippen LogP contribution in [0.4, 0.5) is 0 Å². The number of hydrogen-bond acceptors (Lipinski definition) is 4. The summed E-state index contributed by atoms with van der Waals surface area (Å²) in [7, 11) is 1.74. The van der Waals surface area contributed by atoms with Gasteiger partial charge in [0.25, 0.3) is 0 Å². The van der Waals surface area contributed by atoms with E-state index in [9.17, 15) is 0 Å². The fraction of sp³-hybridized carbons (Fsp3) is 0.750. The van der Waals surface area contributed by atoms with Crippen LogP contribution in [-0.2, 0) is 17.6 Å². The van der Waals surface area contributed by atoms with Gasteiger partial charge in [-0.15, -0.1) is 11.3 Å². The van der Waals surface area contributed by atoms with Crippen molar-refractivity contribution in [1.82, 2.24) is 10.3 Å². The zero-order valence-corrected chi connectivity index (χ0v) is 11.3. The summed E-state index contributed by atoms with van der Waals surface area (Å²) in [4.78, 5) is 4.63. The first-order valence-corrected chi connectivity index (χ1v) is 6.79. The summed E-state index contributed by atoms with van der Waals surface area (Å²) >= 11 is 1.77. The van der Waals surface area contributed by atoms with Crippen molar-refractivity contribution in [2.45, 2.75) is 39.2 Å². The minimum absolute atomic E-state index is 0.513. The number of aryl methyl sites for hydroxylation is 1. The molecule has 0 bridgehead atoms. The Morgan fingerprint density at radius 3 is 3.06 bits per heavy atom. The number of hydrogen-bond donors (Lipinski definition) is 1. The first-order chi connectivity index (χ1) is 7.76. The molecule has 0 saturated heterocycles. The first-order valence-electron chi connectivity index (χ1n) is 5.91. The smallest absolute Gasteiger partial charge is 0.0929 e. The van der Waals surface area contributed by atoms with E-state index in [2.05, 4.69) is 29.5 Å². The van der Waals surface area contributed by atoms with E-state index < -0.39 is 0 Å². The second kappa shape index (κ2) is 7.76. The van der Waals surface area contributed by atoms with Crippen molar-refractivity contribution >= 4 is 11.3 Å². The van der Waals surface area contributed by atoms with Gasteiger partial charge >= 0.3 is 0 Å². The zero-order valence-electron chi connectivity index (χ0n) is 10.5. The van der Waals surface area contributed by atoms with E-state index in [1.54, 1.807) is 18.4 Å². The Bertz CT molecular complexity index is 288. The van der Waals surface area contributed by atoms with Gasteiger partial charge in [0.15, 0.2) is 0 Å². The van der Waals surface area contributed by atoms with Crippen LogP contribution in [-0.4, -0.2) is 31.3 Å². The van der Waals surface area contributed by atoms with Crippen molar-refractivity contribution in [2.24, 2.45) is 0 Å². The van der Waals surface area contributed by atoms with Crippen molar-refractivity contribution in [3.63, 3.8) is 0 Å². The molecule has 1 aromatic rings. The van der Waals surface area contributed by atoms with E-state index in [1.807, 2.05) is 0 Å². The summed E-state index contributed by atoms with van der Waals surface area (Å²) in [5.41, 5.74) is 1.21. The minimum Gasteiger partial charge on any atom is -0.385 e. The number of nitrogens with one attached hydrogen (secondary N) is 1. The molecule has 0 amide bonds. The summed E-state index contributed by atoms with van der Waals surface area (Å²) < 4.78 is 5.03. The molecule has 16 heavy (non-hydrogen) atoms. The lowest BCUT2D eigenvalue weighted by atomic mass is 10.2. The Labute approximate surface area is 102 Å². The molecule has 1 unspecified atom stereocenters. The molecule has 0 aliphatic rings. The second-order valence-corrected chi connectivity index (χ2v) is 4.93. The highest BCUT2D eigenvalue weighted by Gasteiger charge is 2.06. The Balaban J connectivity index is 2.33. The summed E-state index contributed by atoms with van der Waals surface area (Å²) in [5.74, 6) is 0. The maximum Gasteiger partial charge on any atom is 0.0929 e. The number of ether oxygens (including phenoxy) is 1. The number of thiazole rings is 1. The molecule has 1 rings (SSSR count). The van der Waals surface area contributed by atoms with Crippen LogP contribution in [0.5, 0.6) is 0 Å². The van der Waals surface area contributed by atoms with Crippen LogP contribution in [0.2, 0.25) is 0 Å². The van der Waals surface area contributed by atoms with Gasteiger partial charge in [-0.05, 0) is 19.9 Å². The van der Waals surface area contributed by atoms with E-state index in [-0.39, 0.29) is 0 Å². The van der Waals surface area contributed by atoms with Gasteiger partial charge in [-0.1, -0.05) is 6.92 Å². The molecule has 0 aliphatic carbocycles. The monoisotopic (exact) mass is 242 g/mol. The van der Waals surface area contributed by atoms with E-state index >= 15 is 0 Å². The highest BCUT2D eigenvalue weighted by atomic mass is 32.1. The van der Waals surface area contributed by atoms with Crippen molar-refractivity contribution in [2.75, 3.05) is 20.3 Å². The fourth-order valence-corrected chi connectivity index (χ4v) is 2.51. The Hall–Kier alpha value is -0.450. The van der Waals surface area contributed by atoms with Crippen LogP contribution >= 0.6 is 11.3 Å². The average molecular weight is 242 g/mol. The van der Waals surface area contributed by atoms with Gasteiger partial charge in [-0.3, -0.25) is 0 Å². The predicted octanol–water partition coefficient (Wildman–Crippen LogP) is 2.26. The average Bonchev–Trinajstić information content (AvgIpc) is 2.66. The quantitative estimate of drug-likeness (QED) is 0.710. The summed E-state index contributed by atoms with van der Waals surface area (Å²) in [5, 5.41) is 6.81. The molecule has 1 N–H and O–H groups in total. The van der Waals surface area contributed by atoms with Gasteiger partial charge in [0, 0.05) is 38.0 Å². The number of nitrogens with zero attached hydrogens (tertiary/aromatic N) is 1. The fourth-order valence-electron chi connectivity index (χ4n) is 1.66. The highest BCUT2D eigenvalue weighted by molar-refractivity contribution is 7.09. The molecule has 3 nitrogen and oxygen atoms in total. The third-order valence-electron chi connectivity index (χ3n) is 2.41. The van der Waals surface area contributed by atoms with Gasteiger partial charge in [0.1, 0.15) is 0 Å². The second-order valence-electron chi connectivity index (χ2n) is 3.99. The molecule has 0 aromatic carbocycles. The minimum atomic E-state index is 0.513. The van der Waals surface area contributed by atoms with E-state index in [1.165, 1.54) is 10.7 Å². The number of likely N-dealkylation sites (N-methyl/N-ethyl adjacent to an activating group) is 1. The Morgan fingerprint density at radius 2 is 2.38 bits per heavy atom. The third kappa shape index (κ3) is 5.05. The standard InChI is InChI=1S/C12H22N2OS/c1-4-13-10(2)8-11-9-16-12(14-11)6-5-7-15-3/h9-10,13H,4-8H2,1-3H3. The molecule has 1 atom stereocenters. The van der Waals surface area contributed by atoms with Crippen molar-refractivity contribution in [3.8, 4) is 0 Å². The molecule has 0 spiro atoms. The lowest BCUT2D eigenvalue weighted by Crippen LogP contribution is -2.27. The van der Waals surface area contributed by atoms with Crippen LogP contribution in [0.3, 0.4) is 0 Å². The van der Waals surface area contributed by atoms with E-state index in [0.29, 0.717) is 6.04 Å². The molecular weight excluding hydrogens is 220 g/mol. The Kier molecular flexibility index (Phi) is 6.61.